The summed E-state index contributed by atoms with van der Waals surface area (Å²) in [5.74, 6) is 1.10. The van der Waals surface area contributed by atoms with E-state index in [2.05, 4.69) is 23.3 Å². The summed E-state index contributed by atoms with van der Waals surface area (Å²) in [6, 6.07) is 6.05. The molecule has 0 aliphatic heterocycles. The first-order valence-electron chi connectivity index (χ1n) is 7.18. The van der Waals surface area contributed by atoms with Crippen LogP contribution in [0.15, 0.2) is 18.2 Å². The van der Waals surface area contributed by atoms with Gasteiger partial charge >= 0.3 is 0 Å². The molecule has 4 heteroatoms. The molecular formula is C16H20N2O2. The first-order valence-corrected chi connectivity index (χ1v) is 7.18. The highest BCUT2D eigenvalue weighted by atomic mass is 16.5. The van der Waals surface area contributed by atoms with Crippen LogP contribution in [0.1, 0.15) is 24.6 Å². The Hall–Kier alpha value is -1.97. The van der Waals surface area contributed by atoms with Gasteiger partial charge in [0.2, 0.25) is 5.91 Å². The first-order chi connectivity index (χ1) is 9.72. The van der Waals surface area contributed by atoms with Gasteiger partial charge in [-0.1, -0.05) is 6.92 Å². The molecule has 0 saturated carbocycles. The molecule has 1 aliphatic rings. The molecule has 1 amide bonds. The topological polar surface area (TPSA) is 54.1 Å². The van der Waals surface area contributed by atoms with Crippen molar-refractivity contribution in [3.63, 3.8) is 0 Å². The zero-order chi connectivity index (χ0) is 14.1. The van der Waals surface area contributed by atoms with E-state index in [1.54, 1.807) is 7.11 Å². The molecule has 1 aromatic carbocycles. The molecule has 106 valence electrons. The van der Waals surface area contributed by atoms with Crippen molar-refractivity contribution in [1.29, 1.82) is 0 Å². The fraction of sp³-hybridized carbons (Fsp3) is 0.438. The maximum Gasteiger partial charge on any atom is 0.223 e. The van der Waals surface area contributed by atoms with E-state index in [-0.39, 0.29) is 11.8 Å². The van der Waals surface area contributed by atoms with Crippen molar-refractivity contribution in [2.75, 3.05) is 13.7 Å². The summed E-state index contributed by atoms with van der Waals surface area (Å²) in [6.45, 7) is 2.83. The molecular weight excluding hydrogens is 252 g/mol. The van der Waals surface area contributed by atoms with Gasteiger partial charge < -0.3 is 15.0 Å². The van der Waals surface area contributed by atoms with E-state index in [0.29, 0.717) is 0 Å². The molecule has 1 aliphatic carbocycles. The highest BCUT2D eigenvalue weighted by Gasteiger charge is 2.30. The van der Waals surface area contributed by atoms with Crippen LogP contribution in [-0.4, -0.2) is 24.5 Å². The third-order valence-corrected chi connectivity index (χ3v) is 4.02. The number of methoxy groups -OCH3 is 1. The summed E-state index contributed by atoms with van der Waals surface area (Å²) in [4.78, 5) is 15.5. The van der Waals surface area contributed by atoms with E-state index in [1.807, 2.05) is 12.1 Å². The fourth-order valence-electron chi connectivity index (χ4n) is 2.96. The number of benzene rings is 1. The normalized spacial score (nSPS) is 17.2. The highest BCUT2D eigenvalue weighted by molar-refractivity contribution is 5.89. The smallest absolute Gasteiger partial charge is 0.223 e. The average Bonchev–Trinajstić information content (AvgIpc) is 3.01. The number of carbonyl (C=O) groups is 1. The minimum Gasteiger partial charge on any atom is -0.497 e. The molecule has 0 fully saturated rings. The van der Waals surface area contributed by atoms with Gasteiger partial charge in [0.05, 0.1) is 7.11 Å². The van der Waals surface area contributed by atoms with Gasteiger partial charge in [-0.2, -0.15) is 0 Å². The van der Waals surface area contributed by atoms with Crippen LogP contribution >= 0.6 is 0 Å². The van der Waals surface area contributed by atoms with Crippen LogP contribution in [0.25, 0.3) is 10.9 Å². The second kappa shape index (κ2) is 5.19. The Labute approximate surface area is 118 Å². The number of nitrogens with one attached hydrogen (secondary N) is 2. The quantitative estimate of drug-likeness (QED) is 0.898. The van der Waals surface area contributed by atoms with Crippen molar-refractivity contribution < 1.29 is 9.53 Å². The van der Waals surface area contributed by atoms with Crippen molar-refractivity contribution in [1.82, 2.24) is 10.3 Å². The molecule has 0 bridgehead atoms. The van der Waals surface area contributed by atoms with Gasteiger partial charge in [-0.15, -0.1) is 0 Å². The monoisotopic (exact) mass is 272 g/mol. The van der Waals surface area contributed by atoms with Crippen LogP contribution in [0, 0.1) is 5.92 Å². The van der Waals surface area contributed by atoms with Crippen molar-refractivity contribution in [3.05, 3.63) is 29.5 Å². The summed E-state index contributed by atoms with van der Waals surface area (Å²) in [5, 5.41) is 4.18. The van der Waals surface area contributed by atoms with Gasteiger partial charge in [0.25, 0.3) is 0 Å². The predicted octanol–water partition coefficient (Wildman–Crippen LogP) is 2.42. The summed E-state index contributed by atoms with van der Waals surface area (Å²) in [5.41, 5.74) is 3.60. The van der Waals surface area contributed by atoms with Crippen LogP contribution in [-0.2, 0) is 17.6 Å². The first kappa shape index (κ1) is 13.0. The van der Waals surface area contributed by atoms with E-state index in [0.717, 1.165) is 37.1 Å². The number of aromatic amines is 1. The van der Waals surface area contributed by atoms with Crippen LogP contribution in [0.5, 0.6) is 5.75 Å². The predicted molar refractivity (Wildman–Crippen MR) is 79.0 cm³/mol. The van der Waals surface area contributed by atoms with E-state index >= 15 is 0 Å². The van der Waals surface area contributed by atoms with Crippen molar-refractivity contribution in [3.8, 4) is 5.75 Å². The minimum absolute atomic E-state index is 0.0680. The van der Waals surface area contributed by atoms with Crippen molar-refractivity contribution >= 4 is 16.8 Å². The molecule has 4 nitrogen and oxygen atoms in total. The summed E-state index contributed by atoms with van der Waals surface area (Å²) >= 11 is 0. The number of rotatable bonds is 4. The van der Waals surface area contributed by atoms with Crippen LogP contribution in [0.2, 0.25) is 0 Å². The Morgan fingerprint density at radius 3 is 3.05 bits per heavy atom. The molecule has 1 unspecified atom stereocenters. The molecule has 3 rings (SSSR count). The Kier molecular flexibility index (Phi) is 3.38. The standard InChI is InChI=1S/C16H20N2O2/c1-3-6-17-16(19)10-7-12-13-9-11(20-2)4-5-14(13)18-15(12)8-10/h4-5,9-10,18H,3,6-8H2,1-2H3,(H,17,19). The van der Waals surface area contributed by atoms with Crippen LogP contribution in [0.4, 0.5) is 0 Å². The van der Waals surface area contributed by atoms with Gasteiger partial charge in [-0.05, 0) is 43.0 Å². The molecule has 2 N–H and O–H groups in total. The molecule has 0 radical (unpaired) electrons. The van der Waals surface area contributed by atoms with Gasteiger partial charge in [-0.25, -0.2) is 0 Å². The maximum atomic E-state index is 12.1. The Balaban J connectivity index is 1.85. The fourth-order valence-corrected chi connectivity index (χ4v) is 2.96. The van der Waals surface area contributed by atoms with E-state index in [4.69, 9.17) is 4.74 Å². The molecule has 1 aromatic heterocycles. The average molecular weight is 272 g/mol. The Morgan fingerprint density at radius 1 is 1.45 bits per heavy atom. The molecule has 20 heavy (non-hydrogen) atoms. The van der Waals surface area contributed by atoms with Crippen LogP contribution in [0.3, 0.4) is 0 Å². The van der Waals surface area contributed by atoms with E-state index < -0.39 is 0 Å². The zero-order valence-corrected chi connectivity index (χ0v) is 12.0. The second-order valence-electron chi connectivity index (χ2n) is 5.39. The number of hydrogen-bond donors (Lipinski definition) is 2. The molecule has 0 saturated heterocycles. The Morgan fingerprint density at radius 2 is 2.30 bits per heavy atom. The van der Waals surface area contributed by atoms with E-state index in [9.17, 15) is 4.79 Å². The molecule has 0 spiro atoms. The van der Waals surface area contributed by atoms with Gasteiger partial charge in [0.1, 0.15) is 5.75 Å². The maximum absolute atomic E-state index is 12.1. The van der Waals surface area contributed by atoms with Gasteiger partial charge in [0, 0.05) is 29.1 Å². The highest BCUT2D eigenvalue weighted by Crippen LogP contribution is 2.34. The third-order valence-electron chi connectivity index (χ3n) is 4.02. The number of amides is 1. The summed E-state index contributed by atoms with van der Waals surface area (Å²) in [7, 11) is 1.68. The van der Waals surface area contributed by atoms with Crippen LogP contribution < -0.4 is 10.1 Å². The lowest BCUT2D eigenvalue weighted by atomic mass is 10.0. The van der Waals surface area contributed by atoms with Crippen molar-refractivity contribution in [2.45, 2.75) is 26.2 Å². The second-order valence-corrected chi connectivity index (χ2v) is 5.39. The number of ether oxygens (including phenoxy) is 1. The largest absolute Gasteiger partial charge is 0.497 e. The number of carbonyl (C=O) groups excluding carboxylic acids is 1. The summed E-state index contributed by atoms with van der Waals surface area (Å²) < 4.78 is 5.29. The van der Waals surface area contributed by atoms with Crippen molar-refractivity contribution in [2.24, 2.45) is 5.92 Å². The molecule has 2 aromatic rings. The van der Waals surface area contributed by atoms with Gasteiger partial charge in [-0.3, -0.25) is 4.79 Å². The number of H-pyrrole nitrogens is 1. The lowest BCUT2D eigenvalue weighted by Gasteiger charge is -2.10. The molecule has 1 heterocycles. The third kappa shape index (κ3) is 2.15. The number of aromatic nitrogens is 1. The lowest BCUT2D eigenvalue weighted by molar-refractivity contribution is -0.124. The zero-order valence-electron chi connectivity index (χ0n) is 12.0. The Bertz CT molecular complexity index is 645. The SMILES string of the molecule is CCCNC(=O)C1Cc2[nH]c3ccc(OC)cc3c2C1. The molecule has 1 atom stereocenters. The minimum atomic E-state index is 0.0680. The summed E-state index contributed by atoms with van der Waals surface area (Å²) in [6.07, 6.45) is 2.60. The number of hydrogen-bond acceptors (Lipinski definition) is 2. The van der Waals surface area contributed by atoms with Gasteiger partial charge in [0.15, 0.2) is 0 Å². The lowest BCUT2D eigenvalue weighted by Crippen LogP contribution is -2.31. The van der Waals surface area contributed by atoms with E-state index in [1.165, 1.54) is 16.6 Å². The number of fused-ring (bicyclic) bond motifs is 3.